The molecule has 0 spiro atoms. The fraction of sp³-hybridized carbons (Fsp3) is 0.920. The minimum Gasteiger partial charge on any atom is -0.392 e. The van der Waals surface area contributed by atoms with Gasteiger partial charge < -0.3 is 10.2 Å². The molecule has 0 aromatic heterocycles. The van der Waals surface area contributed by atoms with Gasteiger partial charge in [-0.25, -0.2) is 0 Å². The highest BCUT2D eigenvalue weighted by Crippen LogP contribution is 2.70. The van der Waals surface area contributed by atoms with E-state index < -0.39 is 5.60 Å². The first-order valence-corrected chi connectivity index (χ1v) is 11.5. The van der Waals surface area contributed by atoms with Crippen LogP contribution in [0.2, 0.25) is 0 Å². The maximum absolute atomic E-state index is 11.4. The maximum Gasteiger partial charge on any atom is 0.0653 e. The lowest BCUT2D eigenvalue weighted by Crippen LogP contribution is -2.62. The number of allylic oxidation sites excluding steroid dienone is 1. The van der Waals surface area contributed by atoms with Crippen LogP contribution in [0.3, 0.4) is 0 Å². The first-order chi connectivity index (χ1) is 12.5. The molecule has 3 rings (SSSR count). The summed E-state index contributed by atoms with van der Waals surface area (Å²) in [5, 5.41) is 20.6. The molecule has 27 heavy (non-hydrogen) atoms. The Labute approximate surface area is 167 Å². The van der Waals surface area contributed by atoms with Gasteiger partial charge >= 0.3 is 0 Å². The predicted octanol–water partition coefficient (Wildman–Crippen LogP) is 6.12. The molecule has 0 bridgehead atoms. The zero-order valence-corrected chi connectivity index (χ0v) is 18.8. The van der Waals surface area contributed by atoms with Gasteiger partial charge in [0.05, 0.1) is 12.2 Å². The third-order valence-electron chi connectivity index (χ3n) is 9.59. The van der Waals surface area contributed by atoms with E-state index in [1.165, 1.54) is 44.1 Å². The maximum atomic E-state index is 11.4. The van der Waals surface area contributed by atoms with Crippen molar-refractivity contribution in [2.75, 3.05) is 6.61 Å². The molecule has 3 aliphatic carbocycles. The lowest BCUT2D eigenvalue weighted by atomic mass is 9.38. The Bertz CT molecular complexity index is 575. The minimum absolute atomic E-state index is 0.127. The zero-order chi connectivity index (χ0) is 20.1. The number of hydrogen-bond acceptors (Lipinski definition) is 2. The van der Waals surface area contributed by atoms with Crippen LogP contribution >= 0.6 is 0 Å². The molecule has 6 unspecified atom stereocenters. The van der Waals surface area contributed by atoms with Crippen LogP contribution in [-0.2, 0) is 0 Å². The number of aliphatic hydroxyl groups is 2. The molecule has 0 radical (unpaired) electrons. The van der Waals surface area contributed by atoms with Crippen molar-refractivity contribution in [3.05, 3.63) is 11.6 Å². The van der Waals surface area contributed by atoms with Crippen LogP contribution in [0.5, 0.6) is 0 Å². The highest BCUT2D eigenvalue weighted by molar-refractivity contribution is 5.13. The van der Waals surface area contributed by atoms with Crippen LogP contribution in [0.25, 0.3) is 0 Å². The van der Waals surface area contributed by atoms with Crippen LogP contribution in [0.15, 0.2) is 11.6 Å². The summed E-state index contributed by atoms with van der Waals surface area (Å²) in [7, 11) is 0. The molecule has 0 aromatic rings. The molecule has 0 saturated heterocycles. The molecular formula is C25H44O2. The van der Waals surface area contributed by atoms with Gasteiger partial charge in [0.25, 0.3) is 0 Å². The SMILES string of the molecule is CC(=CCO)CCC1C(C)(O)CCC2C3(C)CCCC(C)(C)C3CCC12C. The monoisotopic (exact) mass is 376 g/mol. The zero-order valence-electron chi connectivity index (χ0n) is 18.8. The summed E-state index contributed by atoms with van der Waals surface area (Å²) in [4.78, 5) is 0. The molecule has 156 valence electrons. The number of hydrogen-bond donors (Lipinski definition) is 2. The Balaban J connectivity index is 1.91. The van der Waals surface area contributed by atoms with Crippen LogP contribution in [-0.4, -0.2) is 22.4 Å². The molecule has 3 fully saturated rings. The summed E-state index contributed by atoms with van der Waals surface area (Å²) in [5.74, 6) is 1.92. The third-order valence-corrected chi connectivity index (χ3v) is 9.59. The van der Waals surface area contributed by atoms with Crippen LogP contribution in [0.1, 0.15) is 99.3 Å². The quantitative estimate of drug-likeness (QED) is 0.581. The second kappa shape index (κ2) is 7.17. The van der Waals surface area contributed by atoms with Crippen LogP contribution in [0.4, 0.5) is 0 Å². The Morgan fingerprint density at radius 2 is 1.59 bits per heavy atom. The van der Waals surface area contributed by atoms with Gasteiger partial charge in [-0.05, 0) is 99.2 Å². The van der Waals surface area contributed by atoms with Gasteiger partial charge in [-0.1, -0.05) is 45.8 Å². The molecular weight excluding hydrogens is 332 g/mol. The molecule has 0 aromatic carbocycles. The van der Waals surface area contributed by atoms with E-state index in [4.69, 9.17) is 0 Å². The summed E-state index contributed by atoms with van der Waals surface area (Å²) >= 11 is 0. The molecule has 0 heterocycles. The van der Waals surface area contributed by atoms with E-state index in [0.29, 0.717) is 16.7 Å². The first-order valence-electron chi connectivity index (χ1n) is 11.5. The highest BCUT2D eigenvalue weighted by Gasteiger charge is 2.63. The highest BCUT2D eigenvalue weighted by atomic mass is 16.3. The standard InChI is InChI=1S/C25H44O2/c1-18(12-17-26)8-9-21-24(5)15-10-19-22(2,3)13-7-14-23(19,4)20(24)11-16-25(21,6)27/h12,19-21,26-27H,7-11,13-17H2,1-6H3. The van der Waals surface area contributed by atoms with E-state index >= 15 is 0 Å². The molecule has 2 N–H and O–H groups in total. The minimum atomic E-state index is -0.557. The Morgan fingerprint density at radius 1 is 0.926 bits per heavy atom. The van der Waals surface area contributed by atoms with Crippen molar-refractivity contribution in [1.29, 1.82) is 0 Å². The summed E-state index contributed by atoms with van der Waals surface area (Å²) in [6, 6.07) is 0. The molecule has 0 amide bonds. The van der Waals surface area contributed by atoms with Crippen molar-refractivity contribution < 1.29 is 10.2 Å². The lowest BCUT2D eigenvalue weighted by Gasteiger charge is -2.67. The van der Waals surface area contributed by atoms with Gasteiger partial charge in [-0.2, -0.15) is 0 Å². The van der Waals surface area contributed by atoms with E-state index in [9.17, 15) is 10.2 Å². The molecule has 2 heteroatoms. The molecule has 6 atom stereocenters. The van der Waals surface area contributed by atoms with Crippen molar-refractivity contribution in [2.45, 2.75) is 105 Å². The first kappa shape index (κ1) is 21.4. The fourth-order valence-corrected chi connectivity index (χ4v) is 8.35. The van der Waals surface area contributed by atoms with Gasteiger partial charge in [0, 0.05) is 0 Å². The Morgan fingerprint density at radius 3 is 2.26 bits per heavy atom. The van der Waals surface area contributed by atoms with Gasteiger partial charge in [0.2, 0.25) is 0 Å². The van der Waals surface area contributed by atoms with Gasteiger partial charge in [-0.15, -0.1) is 0 Å². The van der Waals surface area contributed by atoms with Crippen molar-refractivity contribution in [1.82, 2.24) is 0 Å². The average molecular weight is 377 g/mol. The topological polar surface area (TPSA) is 40.5 Å². The van der Waals surface area contributed by atoms with Crippen molar-refractivity contribution in [2.24, 2.45) is 34.0 Å². The normalized spacial score (nSPS) is 47.3. The van der Waals surface area contributed by atoms with Gasteiger partial charge in [0.15, 0.2) is 0 Å². The second-order valence-electron chi connectivity index (χ2n) is 11.7. The number of fused-ring (bicyclic) bond motifs is 3. The van der Waals surface area contributed by atoms with Gasteiger partial charge in [0.1, 0.15) is 0 Å². The van der Waals surface area contributed by atoms with Crippen molar-refractivity contribution >= 4 is 0 Å². The largest absolute Gasteiger partial charge is 0.392 e. The summed E-state index contributed by atoms with van der Waals surface area (Å²) in [5.41, 5.74) is 1.83. The van der Waals surface area contributed by atoms with Crippen molar-refractivity contribution in [3.63, 3.8) is 0 Å². The molecule has 3 saturated carbocycles. The fourth-order valence-electron chi connectivity index (χ4n) is 8.35. The third kappa shape index (κ3) is 3.54. The molecule has 0 aliphatic heterocycles. The Hall–Kier alpha value is -0.340. The predicted molar refractivity (Wildman–Crippen MR) is 113 cm³/mol. The average Bonchev–Trinajstić information content (AvgIpc) is 2.52. The van der Waals surface area contributed by atoms with Crippen molar-refractivity contribution in [3.8, 4) is 0 Å². The Kier molecular flexibility index (Phi) is 5.67. The van der Waals surface area contributed by atoms with Crippen LogP contribution < -0.4 is 0 Å². The van der Waals surface area contributed by atoms with Crippen LogP contribution in [0, 0.1) is 34.0 Å². The molecule has 2 nitrogen and oxygen atoms in total. The summed E-state index contributed by atoms with van der Waals surface area (Å²) in [6.07, 6.45) is 12.8. The summed E-state index contributed by atoms with van der Waals surface area (Å²) < 4.78 is 0. The number of rotatable bonds is 4. The van der Waals surface area contributed by atoms with E-state index in [1.54, 1.807) is 0 Å². The van der Waals surface area contributed by atoms with Gasteiger partial charge in [-0.3, -0.25) is 0 Å². The number of aliphatic hydroxyl groups excluding tert-OH is 1. The lowest BCUT2D eigenvalue weighted by molar-refractivity contribution is -0.211. The van der Waals surface area contributed by atoms with E-state index in [2.05, 4.69) is 41.5 Å². The summed E-state index contributed by atoms with van der Waals surface area (Å²) in [6.45, 7) is 14.5. The van der Waals surface area contributed by atoms with E-state index in [1.807, 2.05) is 6.08 Å². The second-order valence-corrected chi connectivity index (χ2v) is 11.7. The molecule has 3 aliphatic rings. The van der Waals surface area contributed by atoms with E-state index in [0.717, 1.165) is 31.1 Å². The van der Waals surface area contributed by atoms with E-state index in [-0.39, 0.29) is 12.0 Å². The smallest absolute Gasteiger partial charge is 0.0653 e.